The van der Waals surface area contributed by atoms with Gasteiger partial charge < -0.3 is 15.0 Å². The molecule has 32 heavy (non-hydrogen) atoms. The van der Waals surface area contributed by atoms with Gasteiger partial charge in [0.15, 0.2) is 0 Å². The van der Waals surface area contributed by atoms with Gasteiger partial charge in [-0.15, -0.1) is 0 Å². The lowest BCUT2D eigenvalue weighted by Gasteiger charge is -2.41. The summed E-state index contributed by atoms with van der Waals surface area (Å²) in [5, 5.41) is 2.81. The average molecular weight is 439 g/mol. The molecule has 6 heteroatoms. The van der Waals surface area contributed by atoms with Crippen molar-refractivity contribution in [1.29, 1.82) is 0 Å². The molecule has 0 unspecified atom stereocenters. The molecule has 2 amide bonds. The normalized spacial score (nSPS) is 20.4. The summed E-state index contributed by atoms with van der Waals surface area (Å²) in [6, 6.07) is 10.5. The monoisotopic (exact) mass is 438 g/mol. The van der Waals surface area contributed by atoms with E-state index in [1.54, 1.807) is 18.2 Å². The van der Waals surface area contributed by atoms with Gasteiger partial charge in [0, 0.05) is 30.4 Å². The highest BCUT2D eigenvalue weighted by Crippen LogP contribution is 2.37. The van der Waals surface area contributed by atoms with Crippen molar-refractivity contribution >= 4 is 17.5 Å². The zero-order chi connectivity index (χ0) is 22.5. The van der Waals surface area contributed by atoms with E-state index in [1.807, 2.05) is 11.8 Å². The molecule has 0 spiro atoms. The van der Waals surface area contributed by atoms with Crippen molar-refractivity contribution in [2.45, 2.75) is 45.4 Å². The van der Waals surface area contributed by atoms with E-state index < -0.39 is 5.82 Å². The molecule has 4 rings (SSSR count). The van der Waals surface area contributed by atoms with E-state index in [-0.39, 0.29) is 11.8 Å². The summed E-state index contributed by atoms with van der Waals surface area (Å²) in [5.74, 6) is 1.11. The highest BCUT2D eigenvalue weighted by Gasteiger charge is 2.34. The predicted octanol–water partition coefficient (Wildman–Crippen LogP) is 5.52. The summed E-state index contributed by atoms with van der Waals surface area (Å²) < 4.78 is 19.0. The molecule has 1 heterocycles. The van der Waals surface area contributed by atoms with Gasteiger partial charge in [-0.25, -0.2) is 4.39 Å². The number of hydrogen-bond donors (Lipinski definition) is 1. The molecular weight excluding hydrogens is 407 g/mol. The standard InChI is InChI=1S/C26H31FN2O3/c1-2-15-32-24-16-22(28-25(30)19-7-9-21(27)10-8-19)11-12-23(24)26(31)29-14-13-18-5-3-4-6-20(18)17-29/h7-12,16,18,20H,2-6,13-15,17H2,1H3,(H,28,30)/t18-,20+/m1/s1. The maximum atomic E-state index is 13.4. The second-order valence-electron chi connectivity index (χ2n) is 8.86. The number of piperidine rings is 1. The van der Waals surface area contributed by atoms with Crippen LogP contribution in [0.4, 0.5) is 10.1 Å². The summed E-state index contributed by atoms with van der Waals surface area (Å²) in [7, 11) is 0. The van der Waals surface area contributed by atoms with E-state index in [4.69, 9.17) is 4.74 Å². The molecule has 0 bridgehead atoms. The third-order valence-corrected chi connectivity index (χ3v) is 6.62. The lowest BCUT2D eigenvalue weighted by molar-refractivity contribution is 0.0517. The second kappa shape index (κ2) is 10.2. The zero-order valence-corrected chi connectivity index (χ0v) is 18.6. The minimum atomic E-state index is -0.392. The molecule has 170 valence electrons. The van der Waals surface area contributed by atoms with E-state index in [9.17, 15) is 14.0 Å². The number of likely N-dealkylation sites (tertiary alicyclic amines) is 1. The molecule has 2 aromatic carbocycles. The number of carbonyl (C=O) groups is 2. The molecule has 0 aromatic heterocycles. The number of hydrogen-bond acceptors (Lipinski definition) is 3. The molecule has 1 aliphatic heterocycles. The van der Waals surface area contributed by atoms with Gasteiger partial charge in [-0.05, 0) is 67.5 Å². The van der Waals surface area contributed by atoms with Crippen LogP contribution in [0.25, 0.3) is 0 Å². The number of anilines is 1. The molecule has 2 atom stereocenters. The summed E-state index contributed by atoms with van der Waals surface area (Å²) in [5.41, 5.74) is 1.43. The average Bonchev–Trinajstić information content (AvgIpc) is 2.82. The van der Waals surface area contributed by atoms with Gasteiger partial charge in [0.05, 0.1) is 12.2 Å². The number of fused-ring (bicyclic) bond motifs is 1. The van der Waals surface area contributed by atoms with Crippen LogP contribution in [-0.2, 0) is 0 Å². The topological polar surface area (TPSA) is 58.6 Å². The van der Waals surface area contributed by atoms with E-state index in [0.29, 0.717) is 35.1 Å². The minimum absolute atomic E-state index is 0.00321. The summed E-state index contributed by atoms with van der Waals surface area (Å²) in [6.07, 6.45) is 6.97. The van der Waals surface area contributed by atoms with Crippen LogP contribution in [0, 0.1) is 17.7 Å². The van der Waals surface area contributed by atoms with Crippen molar-refractivity contribution < 1.29 is 18.7 Å². The Morgan fingerprint density at radius 1 is 1.06 bits per heavy atom. The molecule has 2 fully saturated rings. The number of benzene rings is 2. The maximum absolute atomic E-state index is 13.4. The van der Waals surface area contributed by atoms with E-state index in [0.717, 1.165) is 31.8 Å². The molecule has 1 saturated heterocycles. The van der Waals surface area contributed by atoms with Crippen molar-refractivity contribution in [2.24, 2.45) is 11.8 Å². The van der Waals surface area contributed by atoms with Gasteiger partial charge in [-0.1, -0.05) is 26.2 Å². The molecule has 1 N–H and O–H groups in total. The van der Waals surface area contributed by atoms with E-state index in [1.165, 1.54) is 49.9 Å². The molecule has 1 aliphatic carbocycles. The Labute approximate surface area is 188 Å². The van der Waals surface area contributed by atoms with Gasteiger partial charge >= 0.3 is 0 Å². The molecular formula is C26H31FN2O3. The Bertz CT molecular complexity index is 960. The maximum Gasteiger partial charge on any atom is 0.257 e. The Kier molecular flexibility index (Phi) is 7.08. The summed E-state index contributed by atoms with van der Waals surface area (Å²) in [4.78, 5) is 27.8. The predicted molar refractivity (Wildman–Crippen MR) is 123 cm³/mol. The second-order valence-corrected chi connectivity index (χ2v) is 8.86. The van der Waals surface area contributed by atoms with Crippen LogP contribution in [0.2, 0.25) is 0 Å². The van der Waals surface area contributed by atoms with Crippen LogP contribution >= 0.6 is 0 Å². The first-order valence-electron chi connectivity index (χ1n) is 11.7. The molecule has 2 aliphatic rings. The first-order chi connectivity index (χ1) is 15.5. The Balaban J connectivity index is 1.50. The number of rotatable bonds is 6. The fourth-order valence-electron chi connectivity index (χ4n) is 4.87. The summed E-state index contributed by atoms with van der Waals surface area (Å²) in [6.45, 7) is 4.10. The SMILES string of the molecule is CCCOc1cc(NC(=O)c2ccc(F)cc2)ccc1C(=O)N1CC[C@H]2CCCC[C@H]2C1. The number of amides is 2. The third-order valence-electron chi connectivity index (χ3n) is 6.62. The van der Waals surface area contributed by atoms with Crippen LogP contribution in [0.15, 0.2) is 42.5 Å². The molecule has 2 aromatic rings. The lowest BCUT2D eigenvalue weighted by atomic mass is 9.75. The highest BCUT2D eigenvalue weighted by atomic mass is 19.1. The lowest BCUT2D eigenvalue weighted by Crippen LogP contribution is -2.44. The Morgan fingerprint density at radius 2 is 1.81 bits per heavy atom. The van der Waals surface area contributed by atoms with Crippen LogP contribution in [0.1, 0.15) is 66.2 Å². The van der Waals surface area contributed by atoms with E-state index >= 15 is 0 Å². The van der Waals surface area contributed by atoms with Crippen LogP contribution in [-0.4, -0.2) is 36.4 Å². The molecule has 0 radical (unpaired) electrons. The number of carbonyl (C=O) groups excluding carboxylic acids is 2. The van der Waals surface area contributed by atoms with Crippen LogP contribution in [0.3, 0.4) is 0 Å². The van der Waals surface area contributed by atoms with Crippen molar-refractivity contribution in [1.82, 2.24) is 4.90 Å². The molecule has 5 nitrogen and oxygen atoms in total. The number of nitrogens with one attached hydrogen (secondary N) is 1. The van der Waals surface area contributed by atoms with Gasteiger partial charge in [0.1, 0.15) is 11.6 Å². The largest absolute Gasteiger partial charge is 0.493 e. The zero-order valence-electron chi connectivity index (χ0n) is 18.6. The fraction of sp³-hybridized carbons (Fsp3) is 0.462. The number of halogens is 1. The highest BCUT2D eigenvalue weighted by molar-refractivity contribution is 6.05. The van der Waals surface area contributed by atoms with Crippen molar-refractivity contribution in [2.75, 3.05) is 25.0 Å². The number of nitrogens with zero attached hydrogens (tertiary/aromatic N) is 1. The van der Waals surface area contributed by atoms with Crippen LogP contribution < -0.4 is 10.1 Å². The number of ether oxygens (including phenoxy) is 1. The molecule has 1 saturated carbocycles. The van der Waals surface area contributed by atoms with Gasteiger partial charge in [0.25, 0.3) is 11.8 Å². The summed E-state index contributed by atoms with van der Waals surface area (Å²) >= 11 is 0. The fourth-order valence-corrected chi connectivity index (χ4v) is 4.87. The quantitative estimate of drug-likeness (QED) is 0.646. The first kappa shape index (κ1) is 22.3. The third kappa shape index (κ3) is 5.12. The Hall–Kier alpha value is -2.89. The smallest absolute Gasteiger partial charge is 0.257 e. The van der Waals surface area contributed by atoms with E-state index in [2.05, 4.69) is 5.32 Å². The van der Waals surface area contributed by atoms with Gasteiger partial charge in [-0.2, -0.15) is 0 Å². The van der Waals surface area contributed by atoms with Crippen LogP contribution in [0.5, 0.6) is 5.75 Å². The van der Waals surface area contributed by atoms with Gasteiger partial charge in [-0.3, -0.25) is 9.59 Å². The van der Waals surface area contributed by atoms with Crippen molar-refractivity contribution in [3.63, 3.8) is 0 Å². The first-order valence-corrected chi connectivity index (χ1v) is 11.7. The minimum Gasteiger partial charge on any atom is -0.493 e. The Morgan fingerprint density at radius 3 is 2.56 bits per heavy atom. The van der Waals surface area contributed by atoms with Gasteiger partial charge in [0.2, 0.25) is 0 Å². The van der Waals surface area contributed by atoms with Crippen molar-refractivity contribution in [3.8, 4) is 5.75 Å². The van der Waals surface area contributed by atoms with Crippen molar-refractivity contribution in [3.05, 3.63) is 59.4 Å².